The second kappa shape index (κ2) is 6.48. The van der Waals surface area contributed by atoms with Gasteiger partial charge in [-0.05, 0) is 42.8 Å². The molecule has 0 unspecified atom stereocenters. The second-order valence-corrected chi connectivity index (χ2v) is 6.26. The maximum atomic E-state index is 12.0. The first-order chi connectivity index (χ1) is 10.4. The van der Waals surface area contributed by atoms with Gasteiger partial charge in [0.1, 0.15) is 0 Å². The molecule has 0 aliphatic carbocycles. The van der Waals surface area contributed by atoms with Crippen LogP contribution in [0.1, 0.15) is 11.1 Å². The van der Waals surface area contributed by atoms with Crippen LogP contribution < -0.4 is 9.57 Å². The summed E-state index contributed by atoms with van der Waals surface area (Å²) in [6.07, 6.45) is 1.33. The predicted octanol–water partition coefficient (Wildman–Crippen LogP) is 2.02. The number of aryl methyl sites for hydroxylation is 1. The lowest BCUT2D eigenvalue weighted by molar-refractivity contribution is 0.373. The number of sulfonamides is 1. The highest BCUT2D eigenvalue weighted by Crippen LogP contribution is 2.25. The van der Waals surface area contributed by atoms with Crippen molar-refractivity contribution in [2.45, 2.75) is 11.8 Å². The molecule has 22 heavy (non-hydrogen) atoms. The highest BCUT2D eigenvalue weighted by Gasteiger charge is 2.11. The van der Waals surface area contributed by atoms with Crippen LogP contribution in [0.4, 0.5) is 0 Å². The van der Waals surface area contributed by atoms with E-state index in [2.05, 4.69) is 9.93 Å². The minimum Gasteiger partial charge on any atom is -0.504 e. The molecule has 0 radical (unpaired) electrons. The van der Waals surface area contributed by atoms with Crippen LogP contribution in [0.2, 0.25) is 0 Å². The second-order valence-electron chi connectivity index (χ2n) is 4.60. The fraction of sp³-hybridized carbons (Fsp3) is 0.133. The number of hydrazone groups is 1. The zero-order chi connectivity index (χ0) is 16.2. The SMILES string of the molecule is COc1cc(C=NNS(=O)(=O)c2ccc(C)cc2)ccc1O. The first-order valence-electron chi connectivity index (χ1n) is 6.41. The lowest BCUT2D eigenvalue weighted by atomic mass is 10.2. The molecule has 0 heterocycles. The average Bonchev–Trinajstić information content (AvgIpc) is 2.49. The number of methoxy groups -OCH3 is 1. The van der Waals surface area contributed by atoms with Crippen molar-refractivity contribution in [2.75, 3.05) is 7.11 Å². The largest absolute Gasteiger partial charge is 0.504 e. The van der Waals surface area contributed by atoms with E-state index in [0.717, 1.165) is 5.56 Å². The van der Waals surface area contributed by atoms with Crippen molar-refractivity contribution < 1.29 is 18.3 Å². The third-order valence-corrected chi connectivity index (χ3v) is 4.16. The Hall–Kier alpha value is -2.54. The number of nitrogens with one attached hydrogen (secondary N) is 1. The Labute approximate surface area is 129 Å². The molecule has 0 fully saturated rings. The Morgan fingerprint density at radius 3 is 2.50 bits per heavy atom. The quantitative estimate of drug-likeness (QED) is 0.652. The van der Waals surface area contributed by atoms with Crippen LogP contribution in [0.3, 0.4) is 0 Å². The molecule has 0 bridgehead atoms. The smallest absolute Gasteiger partial charge is 0.276 e. The number of benzene rings is 2. The van der Waals surface area contributed by atoms with Gasteiger partial charge in [-0.2, -0.15) is 13.5 Å². The van der Waals surface area contributed by atoms with Crippen LogP contribution in [0.15, 0.2) is 52.5 Å². The van der Waals surface area contributed by atoms with E-state index in [1.807, 2.05) is 6.92 Å². The molecule has 7 heteroatoms. The Bertz CT molecular complexity index is 784. The van der Waals surface area contributed by atoms with Crippen LogP contribution in [0.25, 0.3) is 0 Å². The topological polar surface area (TPSA) is 88.0 Å². The molecule has 0 aliphatic heterocycles. The first kappa shape index (κ1) is 15.8. The van der Waals surface area contributed by atoms with Crippen LogP contribution in [0.5, 0.6) is 11.5 Å². The van der Waals surface area contributed by atoms with Gasteiger partial charge in [-0.15, -0.1) is 0 Å². The number of nitrogens with zero attached hydrogens (tertiary/aromatic N) is 1. The van der Waals surface area contributed by atoms with Gasteiger partial charge in [0.25, 0.3) is 10.0 Å². The van der Waals surface area contributed by atoms with Crippen molar-refractivity contribution in [1.82, 2.24) is 4.83 Å². The number of phenols is 1. The van der Waals surface area contributed by atoms with Crippen molar-refractivity contribution in [3.05, 3.63) is 53.6 Å². The summed E-state index contributed by atoms with van der Waals surface area (Å²) in [6, 6.07) is 11.0. The van der Waals surface area contributed by atoms with Crippen molar-refractivity contribution in [2.24, 2.45) is 5.10 Å². The van der Waals surface area contributed by atoms with E-state index >= 15 is 0 Å². The van der Waals surface area contributed by atoms with Gasteiger partial charge in [0.05, 0.1) is 18.2 Å². The molecule has 0 aliphatic rings. The summed E-state index contributed by atoms with van der Waals surface area (Å²) in [5, 5.41) is 13.2. The maximum absolute atomic E-state index is 12.0. The fourth-order valence-electron chi connectivity index (χ4n) is 1.71. The molecule has 2 aromatic carbocycles. The Morgan fingerprint density at radius 2 is 1.86 bits per heavy atom. The van der Waals surface area contributed by atoms with Gasteiger partial charge in [0.15, 0.2) is 11.5 Å². The van der Waals surface area contributed by atoms with Gasteiger partial charge in [-0.25, -0.2) is 4.83 Å². The van der Waals surface area contributed by atoms with Gasteiger partial charge >= 0.3 is 0 Å². The van der Waals surface area contributed by atoms with E-state index in [-0.39, 0.29) is 16.4 Å². The van der Waals surface area contributed by atoms with Gasteiger partial charge in [-0.3, -0.25) is 0 Å². The average molecular weight is 320 g/mol. The lowest BCUT2D eigenvalue weighted by Gasteiger charge is -2.05. The van der Waals surface area contributed by atoms with E-state index in [1.165, 1.54) is 31.5 Å². The molecule has 6 nitrogen and oxygen atoms in total. The van der Waals surface area contributed by atoms with Crippen molar-refractivity contribution in [1.29, 1.82) is 0 Å². The van der Waals surface area contributed by atoms with E-state index < -0.39 is 10.0 Å². The van der Waals surface area contributed by atoms with Crippen LogP contribution in [-0.4, -0.2) is 26.8 Å². The molecule has 0 saturated carbocycles. The molecule has 116 valence electrons. The molecule has 0 saturated heterocycles. The summed E-state index contributed by atoms with van der Waals surface area (Å²) in [4.78, 5) is 2.27. The van der Waals surface area contributed by atoms with E-state index in [9.17, 15) is 13.5 Å². The molecular weight excluding hydrogens is 304 g/mol. The van der Waals surface area contributed by atoms with Gasteiger partial charge in [0, 0.05) is 0 Å². The van der Waals surface area contributed by atoms with Gasteiger partial charge in [-0.1, -0.05) is 17.7 Å². The molecule has 2 N–H and O–H groups in total. The van der Waals surface area contributed by atoms with E-state index in [1.54, 1.807) is 24.3 Å². The normalized spacial score (nSPS) is 11.5. The van der Waals surface area contributed by atoms with Gasteiger partial charge in [0.2, 0.25) is 0 Å². The molecular formula is C15H16N2O4S. The number of ether oxygens (including phenoxy) is 1. The van der Waals surface area contributed by atoms with E-state index in [0.29, 0.717) is 5.56 Å². The Kier molecular flexibility index (Phi) is 4.67. The highest BCUT2D eigenvalue weighted by atomic mass is 32.2. The summed E-state index contributed by atoms with van der Waals surface area (Å²) in [6.45, 7) is 1.88. The standard InChI is InChI=1S/C15H16N2O4S/c1-11-3-6-13(7-4-11)22(19,20)17-16-10-12-5-8-14(18)15(9-12)21-2/h3-10,17-18H,1-2H3. The maximum Gasteiger partial charge on any atom is 0.276 e. The fourth-order valence-corrected chi connectivity index (χ4v) is 2.51. The molecule has 0 atom stereocenters. The van der Waals surface area contributed by atoms with Crippen molar-refractivity contribution in [3.63, 3.8) is 0 Å². The summed E-state index contributed by atoms with van der Waals surface area (Å²) in [7, 11) is -2.27. The summed E-state index contributed by atoms with van der Waals surface area (Å²) in [5.41, 5.74) is 1.56. The Balaban J connectivity index is 2.13. The third kappa shape index (κ3) is 3.76. The van der Waals surface area contributed by atoms with Crippen molar-refractivity contribution in [3.8, 4) is 11.5 Å². The summed E-state index contributed by atoms with van der Waals surface area (Å²) < 4.78 is 29.0. The van der Waals surface area contributed by atoms with Gasteiger partial charge < -0.3 is 9.84 Å². The van der Waals surface area contributed by atoms with Crippen LogP contribution in [0, 0.1) is 6.92 Å². The zero-order valence-corrected chi connectivity index (χ0v) is 13.0. The van der Waals surface area contributed by atoms with Crippen LogP contribution in [-0.2, 0) is 10.0 Å². The molecule has 0 aromatic heterocycles. The number of rotatable bonds is 5. The molecule has 2 aromatic rings. The molecule has 0 spiro atoms. The monoisotopic (exact) mass is 320 g/mol. The van der Waals surface area contributed by atoms with E-state index in [4.69, 9.17) is 4.74 Å². The zero-order valence-electron chi connectivity index (χ0n) is 12.1. The summed E-state index contributed by atoms with van der Waals surface area (Å²) >= 11 is 0. The molecule has 0 amide bonds. The summed E-state index contributed by atoms with van der Waals surface area (Å²) in [5.74, 6) is 0.283. The van der Waals surface area contributed by atoms with Crippen LogP contribution >= 0.6 is 0 Å². The molecule has 2 rings (SSSR count). The minimum absolute atomic E-state index is 0.000105. The third-order valence-electron chi connectivity index (χ3n) is 2.92. The number of aromatic hydroxyl groups is 1. The predicted molar refractivity (Wildman–Crippen MR) is 83.8 cm³/mol. The number of hydrogen-bond donors (Lipinski definition) is 2. The highest BCUT2D eigenvalue weighted by molar-refractivity contribution is 7.89. The first-order valence-corrected chi connectivity index (χ1v) is 7.89. The minimum atomic E-state index is -3.70. The number of phenolic OH excluding ortho intramolecular Hbond substituents is 1. The Morgan fingerprint density at radius 1 is 1.18 bits per heavy atom. The van der Waals surface area contributed by atoms with Crippen molar-refractivity contribution >= 4 is 16.2 Å². The number of hydrogen-bond acceptors (Lipinski definition) is 5. The lowest BCUT2D eigenvalue weighted by Crippen LogP contribution is -2.18.